The molecule has 1 fully saturated rings. The number of thiocarbonyl (C=S) groups is 1. The van der Waals surface area contributed by atoms with Crippen molar-refractivity contribution in [1.82, 2.24) is 0 Å². The van der Waals surface area contributed by atoms with Gasteiger partial charge in [0.2, 0.25) is 6.79 Å². The predicted octanol–water partition coefficient (Wildman–Crippen LogP) is 6.61. The van der Waals surface area contributed by atoms with E-state index >= 15 is 0 Å². The van der Waals surface area contributed by atoms with Gasteiger partial charge in [0.25, 0.3) is 5.91 Å². The standard InChI is InChI=1S/C24H15I2NO4S2/c25-16-8-15(22(18(26)10-16)29-12-14-4-2-1-3-5-14)9-21-23(28)27(24(32)33-21)17-6-7-19-20(11-17)31-13-30-19/h1-11H,12-13H2/b21-9+. The van der Waals surface area contributed by atoms with Gasteiger partial charge in [-0.15, -0.1) is 0 Å². The maximum atomic E-state index is 13.3. The second kappa shape index (κ2) is 9.80. The molecular weight excluding hydrogens is 684 g/mol. The molecule has 0 atom stereocenters. The van der Waals surface area contributed by atoms with Crippen LogP contribution in [0.1, 0.15) is 11.1 Å². The van der Waals surface area contributed by atoms with Crippen molar-refractivity contribution in [2.45, 2.75) is 6.61 Å². The van der Waals surface area contributed by atoms with Crippen molar-refractivity contribution in [2.24, 2.45) is 0 Å². The summed E-state index contributed by atoms with van der Waals surface area (Å²) in [6.07, 6.45) is 1.86. The number of carbonyl (C=O) groups is 1. The Morgan fingerprint density at radius 1 is 1.06 bits per heavy atom. The number of carbonyl (C=O) groups excluding carboxylic acids is 1. The Labute approximate surface area is 227 Å². The third-order valence-electron chi connectivity index (χ3n) is 4.96. The Morgan fingerprint density at radius 3 is 2.67 bits per heavy atom. The molecule has 1 saturated heterocycles. The van der Waals surface area contributed by atoms with Crippen LogP contribution in [0.2, 0.25) is 0 Å². The number of amides is 1. The third kappa shape index (κ3) is 4.86. The summed E-state index contributed by atoms with van der Waals surface area (Å²) in [5.74, 6) is 1.84. The molecule has 5 rings (SSSR count). The number of fused-ring (bicyclic) bond motifs is 1. The molecule has 2 aliphatic heterocycles. The van der Waals surface area contributed by atoms with Gasteiger partial charge in [0.1, 0.15) is 12.4 Å². The molecule has 9 heteroatoms. The number of hydrogen-bond acceptors (Lipinski definition) is 6. The smallest absolute Gasteiger partial charge is 0.270 e. The maximum Gasteiger partial charge on any atom is 0.270 e. The highest BCUT2D eigenvalue weighted by Crippen LogP contribution is 2.42. The average molecular weight is 699 g/mol. The van der Waals surface area contributed by atoms with Gasteiger partial charge in [-0.25, -0.2) is 0 Å². The fourth-order valence-electron chi connectivity index (χ4n) is 3.43. The second-order valence-electron chi connectivity index (χ2n) is 7.13. The minimum Gasteiger partial charge on any atom is -0.487 e. The molecule has 0 spiro atoms. The normalized spacial score (nSPS) is 16.1. The van der Waals surface area contributed by atoms with Gasteiger partial charge in [-0.1, -0.05) is 54.3 Å². The number of thioether (sulfide) groups is 1. The van der Waals surface area contributed by atoms with E-state index in [0.717, 1.165) is 24.0 Å². The summed E-state index contributed by atoms with van der Waals surface area (Å²) < 4.78 is 19.5. The molecule has 33 heavy (non-hydrogen) atoms. The first-order valence-corrected chi connectivity index (χ1v) is 13.2. The summed E-state index contributed by atoms with van der Waals surface area (Å²) in [6.45, 7) is 0.616. The number of hydrogen-bond donors (Lipinski definition) is 0. The van der Waals surface area contributed by atoms with Crippen LogP contribution in [0.15, 0.2) is 65.6 Å². The van der Waals surface area contributed by atoms with Crippen molar-refractivity contribution in [3.63, 3.8) is 0 Å². The van der Waals surface area contributed by atoms with E-state index in [-0.39, 0.29) is 12.7 Å². The zero-order chi connectivity index (χ0) is 22.9. The number of rotatable bonds is 5. The molecule has 5 nitrogen and oxygen atoms in total. The maximum absolute atomic E-state index is 13.3. The highest BCUT2D eigenvalue weighted by molar-refractivity contribution is 14.1. The summed E-state index contributed by atoms with van der Waals surface area (Å²) in [6, 6.07) is 19.4. The van der Waals surface area contributed by atoms with E-state index < -0.39 is 0 Å². The van der Waals surface area contributed by atoms with Crippen LogP contribution in [0.4, 0.5) is 5.69 Å². The van der Waals surface area contributed by atoms with E-state index in [2.05, 4.69) is 51.2 Å². The molecule has 1 amide bonds. The number of benzene rings is 3. The van der Waals surface area contributed by atoms with Crippen molar-refractivity contribution in [2.75, 3.05) is 11.7 Å². The molecule has 2 aliphatic rings. The largest absolute Gasteiger partial charge is 0.487 e. The molecule has 166 valence electrons. The predicted molar refractivity (Wildman–Crippen MR) is 151 cm³/mol. The SMILES string of the molecule is O=C1/C(=C\c2cc(I)cc(I)c2OCc2ccccc2)SC(=S)N1c1ccc2c(c1)OCO2. The first-order chi connectivity index (χ1) is 16.0. The quantitative estimate of drug-likeness (QED) is 0.170. The lowest BCUT2D eigenvalue weighted by Gasteiger charge is -2.15. The van der Waals surface area contributed by atoms with Crippen molar-refractivity contribution in [3.05, 3.63) is 83.8 Å². The first-order valence-electron chi connectivity index (χ1n) is 9.83. The number of anilines is 1. The summed E-state index contributed by atoms with van der Waals surface area (Å²) in [5, 5.41) is 0. The molecule has 0 aromatic heterocycles. The molecule has 3 aromatic carbocycles. The molecule has 0 radical (unpaired) electrons. The van der Waals surface area contributed by atoms with Crippen LogP contribution in [-0.4, -0.2) is 17.0 Å². The summed E-state index contributed by atoms with van der Waals surface area (Å²) in [4.78, 5) is 15.4. The van der Waals surface area contributed by atoms with Crippen LogP contribution in [-0.2, 0) is 11.4 Å². The second-order valence-corrected chi connectivity index (χ2v) is 11.2. The molecule has 0 bridgehead atoms. The average Bonchev–Trinajstić information content (AvgIpc) is 3.37. The molecule has 2 heterocycles. The van der Waals surface area contributed by atoms with E-state index in [9.17, 15) is 4.79 Å². The minimum atomic E-state index is -0.174. The molecule has 0 unspecified atom stereocenters. The van der Waals surface area contributed by atoms with Crippen LogP contribution in [0.5, 0.6) is 17.2 Å². The fraction of sp³-hybridized carbons (Fsp3) is 0.0833. The zero-order valence-corrected chi connectivity index (χ0v) is 22.9. The molecular formula is C24H15I2NO4S2. The molecule has 0 N–H and O–H groups in total. The van der Waals surface area contributed by atoms with E-state index in [4.69, 9.17) is 26.4 Å². The lowest BCUT2D eigenvalue weighted by Crippen LogP contribution is -2.27. The highest BCUT2D eigenvalue weighted by atomic mass is 127. The van der Waals surface area contributed by atoms with Gasteiger partial charge in [0.05, 0.1) is 14.2 Å². The van der Waals surface area contributed by atoms with Crippen molar-refractivity contribution in [1.29, 1.82) is 0 Å². The van der Waals surface area contributed by atoms with Gasteiger partial charge in [-0.2, -0.15) is 0 Å². The number of nitrogens with zero attached hydrogens (tertiary/aromatic N) is 1. The van der Waals surface area contributed by atoms with Gasteiger partial charge in [-0.05, 0) is 81.1 Å². The van der Waals surface area contributed by atoms with Crippen LogP contribution in [0, 0.1) is 7.14 Å². The van der Waals surface area contributed by atoms with Crippen LogP contribution in [0.3, 0.4) is 0 Å². The van der Waals surface area contributed by atoms with Crippen molar-refractivity contribution in [3.8, 4) is 17.2 Å². The van der Waals surface area contributed by atoms with Crippen LogP contribution in [0.25, 0.3) is 6.08 Å². The summed E-state index contributed by atoms with van der Waals surface area (Å²) in [5.41, 5.74) is 2.57. The third-order valence-corrected chi connectivity index (χ3v) is 7.68. The van der Waals surface area contributed by atoms with E-state index in [1.165, 1.54) is 16.7 Å². The minimum absolute atomic E-state index is 0.174. The molecule has 3 aromatic rings. The van der Waals surface area contributed by atoms with Gasteiger partial charge < -0.3 is 14.2 Å². The lowest BCUT2D eigenvalue weighted by atomic mass is 10.1. The molecule has 0 saturated carbocycles. The highest BCUT2D eigenvalue weighted by Gasteiger charge is 2.34. The van der Waals surface area contributed by atoms with E-state index in [0.29, 0.717) is 33.0 Å². The summed E-state index contributed by atoms with van der Waals surface area (Å²) >= 11 is 11.4. The van der Waals surface area contributed by atoms with Gasteiger partial charge in [-0.3, -0.25) is 9.69 Å². The van der Waals surface area contributed by atoms with Crippen LogP contribution < -0.4 is 19.1 Å². The Hall–Kier alpha value is -1.83. The number of ether oxygens (including phenoxy) is 3. The Balaban J connectivity index is 1.45. The zero-order valence-electron chi connectivity index (χ0n) is 16.9. The van der Waals surface area contributed by atoms with Gasteiger partial charge in [0.15, 0.2) is 15.8 Å². The number of halogens is 2. The first kappa shape index (κ1) is 22.9. The Kier molecular flexibility index (Phi) is 6.81. The van der Waals surface area contributed by atoms with Gasteiger partial charge in [0, 0.05) is 15.2 Å². The molecule has 0 aliphatic carbocycles. The monoisotopic (exact) mass is 699 g/mol. The van der Waals surface area contributed by atoms with Crippen molar-refractivity contribution < 1.29 is 19.0 Å². The van der Waals surface area contributed by atoms with Gasteiger partial charge >= 0.3 is 0 Å². The van der Waals surface area contributed by atoms with E-state index in [1.54, 1.807) is 12.1 Å². The lowest BCUT2D eigenvalue weighted by molar-refractivity contribution is -0.113. The summed E-state index contributed by atoms with van der Waals surface area (Å²) in [7, 11) is 0. The Morgan fingerprint density at radius 2 is 1.85 bits per heavy atom. The fourth-order valence-corrected chi connectivity index (χ4v) is 6.76. The topological polar surface area (TPSA) is 48.0 Å². The Bertz CT molecular complexity index is 1300. The van der Waals surface area contributed by atoms with E-state index in [1.807, 2.05) is 48.5 Å². The van der Waals surface area contributed by atoms with Crippen LogP contribution >= 0.6 is 69.2 Å². The van der Waals surface area contributed by atoms with Crippen molar-refractivity contribution >= 4 is 91.2 Å².